The van der Waals surface area contributed by atoms with Crippen molar-refractivity contribution >= 4 is 10.0 Å². The van der Waals surface area contributed by atoms with E-state index in [0.717, 1.165) is 37.2 Å². The summed E-state index contributed by atoms with van der Waals surface area (Å²) < 4.78 is 32.6. The Morgan fingerprint density at radius 1 is 1.35 bits per heavy atom. The van der Waals surface area contributed by atoms with Crippen LogP contribution in [0.25, 0.3) is 0 Å². The van der Waals surface area contributed by atoms with Crippen molar-refractivity contribution in [2.75, 3.05) is 19.8 Å². The predicted molar refractivity (Wildman–Crippen MR) is 77.8 cm³/mol. The Morgan fingerprint density at radius 3 is 2.65 bits per heavy atom. The van der Waals surface area contributed by atoms with Crippen molar-refractivity contribution in [3.8, 4) is 0 Å². The number of hydrogen-bond acceptors (Lipinski definition) is 4. The van der Waals surface area contributed by atoms with Crippen molar-refractivity contribution in [1.82, 2.24) is 4.72 Å². The van der Waals surface area contributed by atoms with Crippen molar-refractivity contribution in [2.24, 2.45) is 11.7 Å². The molecular formula is C14H22N2O3S. The number of aryl methyl sites for hydroxylation is 1. The summed E-state index contributed by atoms with van der Waals surface area (Å²) in [6, 6.07) is 5.21. The highest BCUT2D eigenvalue weighted by atomic mass is 32.2. The van der Waals surface area contributed by atoms with Gasteiger partial charge in [-0.2, -0.15) is 0 Å². The van der Waals surface area contributed by atoms with E-state index in [1.54, 1.807) is 19.1 Å². The minimum Gasteiger partial charge on any atom is -0.381 e. The summed E-state index contributed by atoms with van der Waals surface area (Å²) in [6.07, 6.45) is 1.82. The summed E-state index contributed by atoms with van der Waals surface area (Å²) in [5.74, 6) is 0.363. The fraction of sp³-hybridized carbons (Fsp3) is 0.571. The molecule has 0 unspecified atom stereocenters. The number of sulfonamides is 1. The van der Waals surface area contributed by atoms with Crippen LogP contribution in [0.1, 0.15) is 24.0 Å². The van der Waals surface area contributed by atoms with E-state index in [2.05, 4.69) is 4.72 Å². The summed E-state index contributed by atoms with van der Waals surface area (Å²) in [7, 11) is -3.45. The highest BCUT2D eigenvalue weighted by molar-refractivity contribution is 7.89. The lowest BCUT2D eigenvalue weighted by atomic mass is 10.0. The monoisotopic (exact) mass is 298 g/mol. The van der Waals surface area contributed by atoms with E-state index in [1.807, 2.05) is 6.07 Å². The average Bonchev–Trinajstić information content (AvgIpc) is 2.46. The van der Waals surface area contributed by atoms with Crippen molar-refractivity contribution in [1.29, 1.82) is 0 Å². The molecule has 3 N–H and O–H groups in total. The van der Waals surface area contributed by atoms with Gasteiger partial charge in [0, 0.05) is 26.3 Å². The second-order valence-electron chi connectivity index (χ2n) is 5.21. The van der Waals surface area contributed by atoms with E-state index in [-0.39, 0.29) is 0 Å². The fourth-order valence-electron chi connectivity index (χ4n) is 2.40. The third-order valence-corrected chi connectivity index (χ3v) is 5.25. The highest BCUT2D eigenvalue weighted by Gasteiger charge is 2.20. The van der Waals surface area contributed by atoms with E-state index in [1.165, 1.54) is 0 Å². The molecule has 112 valence electrons. The van der Waals surface area contributed by atoms with Crippen molar-refractivity contribution < 1.29 is 13.2 Å². The van der Waals surface area contributed by atoms with Gasteiger partial charge in [-0.05, 0) is 42.9 Å². The molecule has 1 heterocycles. The molecule has 1 aromatic carbocycles. The molecule has 5 nitrogen and oxygen atoms in total. The number of nitrogens with two attached hydrogens (primary N) is 1. The van der Waals surface area contributed by atoms with Gasteiger partial charge < -0.3 is 10.5 Å². The van der Waals surface area contributed by atoms with Gasteiger partial charge in [-0.15, -0.1) is 0 Å². The standard InChI is InChI=1S/C14H22N2O3S/c1-11-8-13(9-15)2-3-14(11)20(17,18)16-10-12-4-6-19-7-5-12/h2-3,8,12,16H,4-7,9-10,15H2,1H3. The lowest BCUT2D eigenvalue weighted by Gasteiger charge is -2.22. The number of ether oxygens (including phenoxy) is 1. The second-order valence-corrected chi connectivity index (χ2v) is 6.95. The molecule has 0 amide bonds. The lowest BCUT2D eigenvalue weighted by Crippen LogP contribution is -2.32. The zero-order valence-electron chi connectivity index (χ0n) is 11.8. The topological polar surface area (TPSA) is 81.4 Å². The summed E-state index contributed by atoms with van der Waals surface area (Å²) >= 11 is 0. The molecule has 0 aliphatic carbocycles. The molecule has 0 bridgehead atoms. The third-order valence-electron chi connectivity index (χ3n) is 3.67. The van der Waals surface area contributed by atoms with Gasteiger partial charge in [0.1, 0.15) is 0 Å². The van der Waals surface area contributed by atoms with Crippen molar-refractivity contribution in [3.05, 3.63) is 29.3 Å². The molecule has 1 saturated heterocycles. The van der Waals surface area contributed by atoms with E-state index >= 15 is 0 Å². The maximum atomic E-state index is 12.3. The zero-order valence-corrected chi connectivity index (χ0v) is 12.6. The van der Waals surface area contributed by atoms with Gasteiger partial charge >= 0.3 is 0 Å². The second kappa shape index (κ2) is 6.67. The SMILES string of the molecule is Cc1cc(CN)ccc1S(=O)(=O)NCC1CCOCC1. The first-order valence-corrected chi connectivity index (χ1v) is 8.38. The van der Waals surface area contributed by atoms with Gasteiger partial charge in [-0.3, -0.25) is 0 Å². The van der Waals surface area contributed by atoms with Crippen LogP contribution in [0.5, 0.6) is 0 Å². The van der Waals surface area contributed by atoms with Crippen LogP contribution in [0.15, 0.2) is 23.1 Å². The average molecular weight is 298 g/mol. The molecule has 2 rings (SSSR count). The number of nitrogens with one attached hydrogen (secondary N) is 1. The normalized spacial score (nSPS) is 17.3. The molecule has 1 fully saturated rings. The summed E-state index contributed by atoms with van der Waals surface area (Å²) in [5, 5.41) is 0. The van der Waals surface area contributed by atoms with Crippen LogP contribution in [-0.4, -0.2) is 28.2 Å². The predicted octanol–water partition coefficient (Wildman–Crippen LogP) is 1.16. The molecular weight excluding hydrogens is 276 g/mol. The summed E-state index contributed by atoms with van der Waals surface area (Å²) in [4.78, 5) is 0.335. The lowest BCUT2D eigenvalue weighted by molar-refractivity contribution is 0.0678. The van der Waals surface area contributed by atoms with Gasteiger partial charge in [-0.25, -0.2) is 13.1 Å². The fourth-order valence-corrected chi connectivity index (χ4v) is 3.74. The Balaban J connectivity index is 2.05. The maximum absolute atomic E-state index is 12.3. The van der Waals surface area contributed by atoms with Gasteiger partial charge in [-0.1, -0.05) is 12.1 Å². The molecule has 1 aliphatic rings. The van der Waals surface area contributed by atoms with Crippen molar-refractivity contribution in [3.63, 3.8) is 0 Å². The number of rotatable bonds is 5. The molecule has 0 saturated carbocycles. The van der Waals surface area contributed by atoms with Crippen LogP contribution in [-0.2, 0) is 21.3 Å². The number of hydrogen-bond donors (Lipinski definition) is 2. The first kappa shape index (κ1) is 15.4. The Labute approximate surface area is 120 Å². The van der Waals surface area contributed by atoms with Crippen LogP contribution in [0.3, 0.4) is 0 Å². The van der Waals surface area contributed by atoms with Crippen LogP contribution in [0.2, 0.25) is 0 Å². The molecule has 20 heavy (non-hydrogen) atoms. The molecule has 1 aliphatic heterocycles. The molecule has 0 spiro atoms. The van der Waals surface area contributed by atoms with Gasteiger partial charge in [0.15, 0.2) is 0 Å². The minimum atomic E-state index is -3.45. The van der Waals surface area contributed by atoms with E-state index in [9.17, 15) is 8.42 Å². The number of benzene rings is 1. The van der Waals surface area contributed by atoms with Gasteiger partial charge in [0.25, 0.3) is 0 Å². The van der Waals surface area contributed by atoms with Crippen LogP contribution in [0.4, 0.5) is 0 Å². The minimum absolute atomic E-state index is 0.335. The largest absolute Gasteiger partial charge is 0.381 e. The van der Waals surface area contributed by atoms with Crippen LogP contribution < -0.4 is 10.5 Å². The smallest absolute Gasteiger partial charge is 0.240 e. The summed E-state index contributed by atoms with van der Waals surface area (Å²) in [6.45, 7) is 4.12. The zero-order chi connectivity index (χ0) is 14.6. The van der Waals surface area contributed by atoms with E-state index in [4.69, 9.17) is 10.5 Å². The molecule has 0 aromatic heterocycles. The van der Waals surface area contributed by atoms with Crippen molar-refractivity contribution in [2.45, 2.75) is 31.2 Å². The third kappa shape index (κ3) is 3.79. The van der Waals surface area contributed by atoms with Crippen LogP contribution >= 0.6 is 0 Å². The van der Waals surface area contributed by atoms with E-state index in [0.29, 0.717) is 23.9 Å². The summed E-state index contributed by atoms with van der Waals surface area (Å²) in [5.41, 5.74) is 7.22. The highest BCUT2D eigenvalue weighted by Crippen LogP contribution is 2.18. The molecule has 6 heteroatoms. The maximum Gasteiger partial charge on any atom is 0.240 e. The Kier molecular flexibility index (Phi) is 5.15. The van der Waals surface area contributed by atoms with Gasteiger partial charge in [0.05, 0.1) is 4.90 Å². The molecule has 1 aromatic rings. The Bertz CT molecular complexity index is 552. The van der Waals surface area contributed by atoms with Crippen LogP contribution in [0, 0.1) is 12.8 Å². The Morgan fingerprint density at radius 2 is 2.05 bits per heavy atom. The first-order chi connectivity index (χ1) is 9.53. The molecule has 0 atom stereocenters. The Hall–Kier alpha value is -0.950. The quantitative estimate of drug-likeness (QED) is 0.854. The van der Waals surface area contributed by atoms with Gasteiger partial charge in [0.2, 0.25) is 10.0 Å². The molecule has 0 radical (unpaired) electrons. The first-order valence-electron chi connectivity index (χ1n) is 6.90. The van der Waals surface area contributed by atoms with E-state index < -0.39 is 10.0 Å².